The fraction of sp³-hybridized carbons (Fsp3) is 0.150. The number of phenols is 1. The number of carbonyl (C=O) groups excluding carboxylic acids is 1. The van der Waals surface area contributed by atoms with E-state index < -0.39 is 5.91 Å². The van der Waals surface area contributed by atoms with E-state index >= 15 is 0 Å². The summed E-state index contributed by atoms with van der Waals surface area (Å²) in [5, 5.41) is 20.3. The second-order valence-electron chi connectivity index (χ2n) is 5.92. The molecule has 8 heteroatoms. The zero-order chi connectivity index (χ0) is 20.1. The van der Waals surface area contributed by atoms with Gasteiger partial charge in [0.2, 0.25) is 0 Å². The molecule has 0 saturated heterocycles. The number of aromatic amines is 1. The summed E-state index contributed by atoms with van der Waals surface area (Å²) >= 11 is 0. The molecule has 0 spiro atoms. The number of hydrogen-bond acceptors (Lipinski definition) is 6. The summed E-state index contributed by atoms with van der Waals surface area (Å²) < 4.78 is 10.6. The molecular weight excluding hydrogens is 360 g/mol. The van der Waals surface area contributed by atoms with E-state index in [1.807, 2.05) is 6.07 Å². The predicted molar refractivity (Wildman–Crippen MR) is 105 cm³/mol. The maximum Gasteiger partial charge on any atom is 0.289 e. The van der Waals surface area contributed by atoms with Crippen molar-refractivity contribution in [2.24, 2.45) is 5.10 Å². The molecule has 0 atom stereocenters. The number of phenolic OH excluding ortho intramolecular Hbond substituents is 1. The number of hydrogen-bond donors (Lipinski definition) is 3. The molecule has 0 aliphatic heterocycles. The van der Waals surface area contributed by atoms with E-state index in [-0.39, 0.29) is 11.4 Å². The minimum atomic E-state index is -0.427. The number of amides is 1. The van der Waals surface area contributed by atoms with Gasteiger partial charge in [0.05, 0.1) is 25.6 Å². The SMILES string of the molecule is COc1ccc(-c2cc(C(=O)N/N=C(/C)c3ccc(O)cc3)[nH]n2)c(OC)c1. The fourth-order valence-corrected chi connectivity index (χ4v) is 2.55. The van der Waals surface area contributed by atoms with Crippen molar-refractivity contribution in [3.05, 3.63) is 59.8 Å². The monoisotopic (exact) mass is 380 g/mol. The molecule has 0 radical (unpaired) electrons. The average Bonchev–Trinajstić information content (AvgIpc) is 3.21. The molecule has 3 N–H and O–H groups in total. The van der Waals surface area contributed by atoms with Crippen LogP contribution >= 0.6 is 0 Å². The van der Waals surface area contributed by atoms with Crippen molar-refractivity contribution in [2.45, 2.75) is 6.92 Å². The van der Waals surface area contributed by atoms with Gasteiger partial charge in [0.1, 0.15) is 22.9 Å². The Kier molecular flexibility index (Phi) is 5.59. The van der Waals surface area contributed by atoms with Crippen molar-refractivity contribution in [1.82, 2.24) is 15.6 Å². The Hall–Kier alpha value is -3.81. The van der Waals surface area contributed by atoms with Gasteiger partial charge >= 0.3 is 0 Å². The predicted octanol–water partition coefficient (Wildman–Crippen LogP) is 2.95. The fourth-order valence-electron chi connectivity index (χ4n) is 2.55. The Balaban J connectivity index is 1.75. The molecule has 28 heavy (non-hydrogen) atoms. The number of carbonyl (C=O) groups is 1. The molecule has 144 valence electrons. The van der Waals surface area contributed by atoms with Crippen molar-refractivity contribution < 1.29 is 19.4 Å². The van der Waals surface area contributed by atoms with E-state index in [9.17, 15) is 9.90 Å². The van der Waals surface area contributed by atoms with Crippen LogP contribution < -0.4 is 14.9 Å². The molecule has 0 fully saturated rings. The van der Waals surface area contributed by atoms with Crippen molar-refractivity contribution >= 4 is 11.6 Å². The number of hydrazone groups is 1. The number of benzene rings is 2. The number of H-pyrrole nitrogens is 1. The largest absolute Gasteiger partial charge is 0.508 e. The highest BCUT2D eigenvalue weighted by Crippen LogP contribution is 2.32. The highest BCUT2D eigenvalue weighted by Gasteiger charge is 2.14. The molecule has 3 rings (SSSR count). The molecule has 8 nitrogen and oxygen atoms in total. The standard InChI is InChI=1S/C20H20N4O4/c1-12(13-4-6-14(25)7-5-13)21-24-20(26)18-11-17(22-23-18)16-9-8-15(27-2)10-19(16)28-3/h4-11,25H,1-3H3,(H,22,23)(H,24,26)/b21-12-. The third-order valence-electron chi connectivity index (χ3n) is 4.12. The summed E-state index contributed by atoms with van der Waals surface area (Å²) in [5.41, 5.74) is 5.42. The third kappa shape index (κ3) is 4.12. The summed E-state index contributed by atoms with van der Waals surface area (Å²) in [6.07, 6.45) is 0. The quantitative estimate of drug-likeness (QED) is 0.450. The van der Waals surface area contributed by atoms with Crippen LogP contribution in [-0.4, -0.2) is 41.1 Å². The molecule has 2 aromatic carbocycles. The topological polar surface area (TPSA) is 109 Å². The van der Waals surface area contributed by atoms with Crippen LogP contribution in [0.1, 0.15) is 23.0 Å². The van der Waals surface area contributed by atoms with Gasteiger partial charge in [-0.2, -0.15) is 10.2 Å². The van der Waals surface area contributed by atoms with Crippen LogP contribution in [0.4, 0.5) is 0 Å². The van der Waals surface area contributed by atoms with E-state index in [1.165, 1.54) is 0 Å². The molecule has 0 bridgehead atoms. The minimum absolute atomic E-state index is 0.166. The van der Waals surface area contributed by atoms with Crippen molar-refractivity contribution in [2.75, 3.05) is 14.2 Å². The maximum absolute atomic E-state index is 12.4. The second kappa shape index (κ2) is 8.26. The van der Waals surface area contributed by atoms with Crippen LogP contribution in [0.25, 0.3) is 11.3 Å². The number of nitrogens with zero attached hydrogens (tertiary/aromatic N) is 2. The van der Waals surface area contributed by atoms with Gasteiger partial charge in [0.15, 0.2) is 0 Å². The molecule has 1 amide bonds. The smallest absolute Gasteiger partial charge is 0.289 e. The van der Waals surface area contributed by atoms with E-state index in [0.29, 0.717) is 22.9 Å². The molecule has 0 saturated carbocycles. The number of methoxy groups -OCH3 is 2. The number of ether oxygens (including phenoxy) is 2. The first-order valence-corrected chi connectivity index (χ1v) is 8.43. The molecule has 1 heterocycles. The molecule has 1 aromatic heterocycles. The summed E-state index contributed by atoms with van der Waals surface area (Å²) in [6.45, 7) is 1.76. The molecule has 3 aromatic rings. The molecule has 0 aliphatic rings. The first-order chi connectivity index (χ1) is 13.5. The van der Waals surface area contributed by atoms with Crippen LogP contribution in [0.5, 0.6) is 17.2 Å². The molecular formula is C20H20N4O4. The lowest BCUT2D eigenvalue weighted by Gasteiger charge is -2.08. The normalized spacial score (nSPS) is 11.2. The minimum Gasteiger partial charge on any atom is -0.508 e. The maximum atomic E-state index is 12.4. The summed E-state index contributed by atoms with van der Waals surface area (Å²) in [5.74, 6) is 0.982. The van der Waals surface area contributed by atoms with Gasteiger partial charge in [-0.15, -0.1) is 0 Å². The van der Waals surface area contributed by atoms with Gasteiger partial charge in [-0.1, -0.05) is 0 Å². The van der Waals surface area contributed by atoms with Crippen molar-refractivity contribution in [3.8, 4) is 28.5 Å². The zero-order valence-electron chi connectivity index (χ0n) is 15.7. The first kappa shape index (κ1) is 19.0. The van der Waals surface area contributed by atoms with Gasteiger partial charge in [-0.25, -0.2) is 5.43 Å². The Labute approximate surface area is 161 Å². The Morgan fingerprint density at radius 2 is 1.86 bits per heavy atom. The van der Waals surface area contributed by atoms with Crippen LogP contribution in [0.3, 0.4) is 0 Å². The Morgan fingerprint density at radius 3 is 2.54 bits per heavy atom. The Morgan fingerprint density at radius 1 is 1.11 bits per heavy atom. The summed E-state index contributed by atoms with van der Waals surface area (Å²) in [7, 11) is 3.13. The van der Waals surface area contributed by atoms with Gasteiger partial charge in [-0.3, -0.25) is 9.89 Å². The van der Waals surface area contributed by atoms with E-state index in [4.69, 9.17) is 9.47 Å². The lowest BCUT2D eigenvalue weighted by atomic mass is 10.1. The molecule has 0 aliphatic carbocycles. The highest BCUT2D eigenvalue weighted by molar-refractivity contribution is 6.00. The van der Waals surface area contributed by atoms with Crippen LogP contribution in [-0.2, 0) is 0 Å². The molecule has 0 unspecified atom stereocenters. The third-order valence-corrected chi connectivity index (χ3v) is 4.12. The number of rotatable bonds is 6. The lowest BCUT2D eigenvalue weighted by molar-refractivity contribution is 0.0950. The summed E-state index contributed by atoms with van der Waals surface area (Å²) in [4.78, 5) is 12.4. The van der Waals surface area contributed by atoms with Crippen molar-refractivity contribution in [3.63, 3.8) is 0 Å². The van der Waals surface area contributed by atoms with Gasteiger partial charge in [0, 0.05) is 11.6 Å². The first-order valence-electron chi connectivity index (χ1n) is 8.43. The van der Waals surface area contributed by atoms with Gasteiger partial charge in [0.25, 0.3) is 5.91 Å². The number of nitrogens with one attached hydrogen (secondary N) is 2. The van der Waals surface area contributed by atoms with Gasteiger partial charge < -0.3 is 14.6 Å². The second-order valence-corrected chi connectivity index (χ2v) is 5.92. The van der Waals surface area contributed by atoms with E-state index in [2.05, 4.69) is 20.7 Å². The number of aromatic hydroxyl groups is 1. The van der Waals surface area contributed by atoms with E-state index in [0.717, 1.165) is 11.1 Å². The number of aromatic nitrogens is 2. The summed E-state index contributed by atoms with van der Waals surface area (Å²) in [6, 6.07) is 13.5. The van der Waals surface area contributed by atoms with Crippen LogP contribution in [0, 0.1) is 0 Å². The van der Waals surface area contributed by atoms with Crippen LogP contribution in [0.15, 0.2) is 53.6 Å². The van der Waals surface area contributed by atoms with Gasteiger partial charge in [-0.05, 0) is 55.0 Å². The average molecular weight is 380 g/mol. The zero-order valence-corrected chi connectivity index (χ0v) is 15.7. The highest BCUT2D eigenvalue weighted by atomic mass is 16.5. The Bertz CT molecular complexity index is 1010. The van der Waals surface area contributed by atoms with Crippen LogP contribution in [0.2, 0.25) is 0 Å². The van der Waals surface area contributed by atoms with E-state index in [1.54, 1.807) is 63.6 Å². The van der Waals surface area contributed by atoms with Crippen molar-refractivity contribution in [1.29, 1.82) is 0 Å². The lowest BCUT2D eigenvalue weighted by Crippen LogP contribution is -2.19.